The summed E-state index contributed by atoms with van der Waals surface area (Å²) in [6.07, 6.45) is 2.56. The molecular formula is C11H19N3S. The molecule has 2 rings (SSSR count). The Morgan fingerprint density at radius 1 is 1.47 bits per heavy atom. The van der Waals surface area contributed by atoms with E-state index in [9.17, 15) is 0 Å². The number of hydrogen-bond acceptors (Lipinski definition) is 4. The molecule has 84 valence electrons. The molecule has 2 heterocycles. The van der Waals surface area contributed by atoms with Gasteiger partial charge in [0.2, 0.25) is 0 Å². The van der Waals surface area contributed by atoms with Crippen LogP contribution in [0.1, 0.15) is 23.4 Å². The second-order valence-corrected chi connectivity index (χ2v) is 5.43. The molecular weight excluding hydrogens is 206 g/mol. The second kappa shape index (κ2) is 4.49. The number of rotatable bonds is 2. The van der Waals surface area contributed by atoms with Gasteiger partial charge in [-0.3, -0.25) is 0 Å². The molecule has 0 aromatic carbocycles. The van der Waals surface area contributed by atoms with Crippen LogP contribution in [0.5, 0.6) is 0 Å². The van der Waals surface area contributed by atoms with E-state index in [1.54, 1.807) is 11.3 Å². The summed E-state index contributed by atoms with van der Waals surface area (Å²) in [6, 6.07) is 0.615. The monoisotopic (exact) mass is 225 g/mol. The molecule has 3 nitrogen and oxygen atoms in total. The van der Waals surface area contributed by atoms with Gasteiger partial charge in [0, 0.05) is 24.5 Å². The Labute approximate surface area is 95.5 Å². The SMILES string of the molecule is Cc1nc(N(C)C2CCCNC2)sc1C. The lowest BCUT2D eigenvalue weighted by Gasteiger charge is -2.31. The Morgan fingerprint density at radius 3 is 2.80 bits per heavy atom. The van der Waals surface area contributed by atoms with Gasteiger partial charge in [-0.1, -0.05) is 0 Å². The average molecular weight is 225 g/mol. The number of nitrogens with one attached hydrogen (secondary N) is 1. The van der Waals surface area contributed by atoms with E-state index in [0.29, 0.717) is 6.04 Å². The highest BCUT2D eigenvalue weighted by Gasteiger charge is 2.20. The van der Waals surface area contributed by atoms with E-state index in [-0.39, 0.29) is 0 Å². The number of thiazole rings is 1. The van der Waals surface area contributed by atoms with E-state index in [1.165, 1.54) is 35.1 Å². The van der Waals surface area contributed by atoms with Crippen LogP contribution in [0.2, 0.25) is 0 Å². The molecule has 4 heteroatoms. The molecule has 0 spiro atoms. The third-order valence-electron chi connectivity index (χ3n) is 3.14. The molecule has 1 saturated heterocycles. The summed E-state index contributed by atoms with van der Waals surface area (Å²) in [5, 5.41) is 4.61. The lowest BCUT2D eigenvalue weighted by Crippen LogP contribution is -2.44. The van der Waals surface area contributed by atoms with E-state index in [4.69, 9.17) is 0 Å². The van der Waals surface area contributed by atoms with Gasteiger partial charge >= 0.3 is 0 Å². The first-order valence-electron chi connectivity index (χ1n) is 5.56. The molecule has 1 fully saturated rings. The zero-order chi connectivity index (χ0) is 10.8. The Bertz CT molecular complexity index is 309. The molecule has 1 aliphatic heterocycles. The second-order valence-electron chi connectivity index (χ2n) is 4.25. The van der Waals surface area contributed by atoms with Crippen molar-refractivity contribution < 1.29 is 0 Å². The first-order chi connectivity index (χ1) is 7.18. The van der Waals surface area contributed by atoms with Crippen LogP contribution in [0.25, 0.3) is 0 Å². The smallest absolute Gasteiger partial charge is 0.185 e. The molecule has 0 aliphatic carbocycles. The molecule has 1 atom stereocenters. The molecule has 0 radical (unpaired) electrons. The summed E-state index contributed by atoms with van der Waals surface area (Å²) in [5.74, 6) is 0. The van der Waals surface area contributed by atoms with Crippen molar-refractivity contribution in [3.05, 3.63) is 10.6 Å². The van der Waals surface area contributed by atoms with Crippen molar-refractivity contribution in [1.82, 2.24) is 10.3 Å². The summed E-state index contributed by atoms with van der Waals surface area (Å²) < 4.78 is 0. The van der Waals surface area contributed by atoms with E-state index in [1.807, 2.05) is 0 Å². The summed E-state index contributed by atoms with van der Waals surface area (Å²) in [5.41, 5.74) is 1.17. The number of aryl methyl sites for hydroxylation is 2. The molecule has 0 saturated carbocycles. The minimum absolute atomic E-state index is 0.615. The van der Waals surface area contributed by atoms with Gasteiger partial charge in [0.15, 0.2) is 5.13 Å². The minimum Gasteiger partial charge on any atom is -0.347 e. The van der Waals surface area contributed by atoms with Gasteiger partial charge in [0.05, 0.1) is 5.69 Å². The normalized spacial score (nSPS) is 21.7. The predicted octanol–water partition coefficient (Wildman–Crippen LogP) is 1.95. The Balaban J connectivity index is 2.08. The van der Waals surface area contributed by atoms with Gasteiger partial charge in [0.25, 0.3) is 0 Å². The first-order valence-corrected chi connectivity index (χ1v) is 6.37. The Morgan fingerprint density at radius 2 is 2.27 bits per heavy atom. The number of hydrogen-bond donors (Lipinski definition) is 1. The van der Waals surface area contributed by atoms with E-state index < -0.39 is 0 Å². The highest BCUT2D eigenvalue weighted by Crippen LogP contribution is 2.26. The molecule has 1 unspecified atom stereocenters. The molecule has 1 aromatic heterocycles. The highest BCUT2D eigenvalue weighted by atomic mass is 32.1. The van der Waals surface area contributed by atoms with E-state index >= 15 is 0 Å². The van der Waals surface area contributed by atoms with Gasteiger partial charge in [0.1, 0.15) is 0 Å². The fourth-order valence-electron chi connectivity index (χ4n) is 1.93. The summed E-state index contributed by atoms with van der Waals surface area (Å²) in [6.45, 7) is 6.49. The fraction of sp³-hybridized carbons (Fsp3) is 0.727. The van der Waals surface area contributed by atoms with Gasteiger partial charge < -0.3 is 10.2 Å². The van der Waals surface area contributed by atoms with Crippen LogP contribution in [0.15, 0.2) is 0 Å². The van der Waals surface area contributed by atoms with Gasteiger partial charge in [-0.2, -0.15) is 0 Å². The van der Waals surface area contributed by atoms with Crippen LogP contribution in [0.3, 0.4) is 0 Å². The summed E-state index contributed by atoms with van der Waals surface area (Å²) in [7, 11) is 2.16. The maximum Gasteiger partial charge on any atom is 0.185 e. The zero-order valence-electron chi connectivity index (χ0n) is 9.71. The highest BCUT2D eigenvalue weighted by molar-refractivity contribution is 7.15. The van der Waals surface area contributed by atoms with Crippen molar-refractivity contribution in [3.63, 3.8) is 0 Å². The maximum atomic E-state index is 4.60. The standard InChI is InChI=1S/C11H19N3S/c1-8-9(2)15-11(13-8)14(3)10-5-4-6-12-7-10/h10,12H,4-7H2,1-3H3. The fourth-order valence-corrected chi connectivity index (χ4v) is 2.87. The van der Waals surface area contributed by atoms with Crippen LogP contribution >= 0.6 is 11.3 Å². The molecule has 1 aliphatic rings. The van der Waals surface area contributed by atoms with Crippen molar-refractivity contribution in [1.29, 1.82) is 0 Å². The predicted molar refractivity (Wildman–Crippen MR) is 65.9 cm³/mol. The molecule has 1 aromatic rings. The van der Waals surface area contributed by atoms with Gasteiger partial charge in [-0.15, -0.1) is 11.3 Å². The largest absolute Gasteiger partial charge is 0.347 e. The van der Waals surface area contributed by atoms with Crippen molar-refractivity contribution in [2.75, 3.05) is 25.0 Å². The summed E-state index contributed by atoms with van der Waals surface area (Å²) >= 11 is 1.80. The van der Waals surface area contributed by atoms with Crippen molar-refractivity contribution in [2.24, 2.45) is 0 Å². The molecule has 1 N–H and O–H groups in total. The maximum absolute atomic E-state index is 4.60. The van der Waals surface area contributed by atoms with Crippen LogP contribution in [-0.2, 0) is 0 Å². The molecule has 15 heavy (non-hydrogen) atoms. The van der Waals surface area contributed by atoms with Crippen molar-refractivity contribution in [2.45, 2.75) is 32.7 Å². The molecule has 0 bridgehead atoms. The first kappa shape index (κ1) is 10.9. The minimum atomic E-state index is 0.615. The van der Waals surface area contributed by atoms with Crippen LogP contribution < -0.4 is 10.2 Å². The van der Waals surface area contributed by atoms with E-state index in [2.05, 4.69) is 36.1 Å². The third-order valence-corrected chi connectivity index (χ3v) is 4.30. The van der Waals surface area contributed by atoms with Crippen molar-refractivity contribution >= 4 is 16.5 Å². The third kappa shape index (κ3) is 2.32. The summed E-state index contributed by atoms with van der Waals surface area (Å²) in [4.78, 5) is 8.27. The number of anilines is 1. The zero-order valence-corrected chi connectivity index (χ0v) is 10.5. The molecule has 0 amide bonds. The average Bonchev–Trinajstić information content (AvgIpc) is 2.59. The van der Waals surface area contributed by atoms with Crippen molar-refractivity contribution in [3.8, 4) is 0 Å². The number of nitrogens with zero attached hydrogens (tertiary/aromatic N) is 2. The topological polar surface area (TPSA) is 28.2 Å². The van der Waals surface area contributed by atoms with Crippen LogP contribution in [-0.4, -0.2) is 31.2 Å². The van der Waals surface area contributed by atoms with Crippen LogP contribution in [0, 0.1) is 13.8 Å². The van der Waals surface area contributed by atoms with Gasteiger partial charge in [-0.25, -0.2) is 4.98 Å². The lowest BCUT2D eigenvalue weighted by atomic mass is 10.1. The number of aromatic nitrogens is 1. The van der Waals surface area contributed by atoms with Gasteiger partial charge in [-0.05, 0) is 33.2 Å². The Kier molecular flexibility index (Phi) is 3.26. The lowest BCUT2D eigenvalue weighted by molar-refractivity contribution is 0.444. The Hall–Kier alpha value is -0.610. The van der Waals surface area contributed by atoms with Crippen LogP contribution in [0.4, 0.5) is 5.13 Å². The number of piperidine rings is 1. The number of likely N-dealkylation sites (N-methyl/N-ethyl adjacent to an activating group) is 1. The van der Waals surface area contributed by atoms with E-state index in [0.717, 1.165) is 6.54 Å². The quantitative estimate of drug-likeness (QED) is 0.834.